The van der Waals surface area contributed by atoms with E-state index in [-0.39, 0.29) is 5.97 Å². The molecule has 0 spiro atoms. The van der Waals surface area contributed by atoms with Crippen LogP contribution in [0.4, 0.5) is 0 Å². The van der Waals surface area contributed by atoms with Gasteiger partial charge in [0.25, 0.3) is 0 Å². The van der Waals surface area contributed by atoms with Crippen LogP contribution in [0.1, 0.15) is 91.4 Å². The number of esters is 1. The highest BCUT2D eigenvalue weighted by Crippen LogP contribution is 2.27. The zero-order valence-corrected chi connectivity index (χ0v) is 20.6. The molecule has 0 aliphatic carbocycles. The third-order valence-electron chi connectivity index (χ3n) is 7.28. The number of piperidine rings is 2. The van der Waals surface area contributed by atoms with Gasteiger partial charge in [-0.3, -0.25) is 9.59 Å². The quantitative estimate of drug-likeness (QED) is 0.361. The van der Waals surface area contributed by atoms with Crippen LogP contribution in [0, 0.1) is 17.8 Å². The first-order valence-corrected chi connectivity index (χ1v) is 13.1. The van der Waals surface area contributed by atoms with Gasteiger partial charge in [-0.1, -0.05) is 33.1 Å². The van der Waals surface area contributed by atoms with Gasteiger partial charge in [0, 0.05) is 25.9 Å². The lowest BCUT2D eigenvalue weighted by molar-refractivity contribution is -0.143. The van der Waals surface area contributed by atoms with Crippen LogP contribution in [0.25, 0.3) is 0 Å². The molecule has 5 nitrogen and oxygen atoms in total. The van der Waals surface area contributed by atoms with Gasteiger partial charge in [-0.25, -0.2) is 0 Å². The van der Waals surface area contributed by atoms with Crippen LogP contribution in [0.3, 0.4) is 0 Å². The van der Waals surface area contributed by atoms with E-state index in [0.29, 0.717) is 24.7 Å². The summed E-state index contributed by atoms with van der Waals surface area (Å²) in [4.78, 5) is 28.5. The fourth-order valence-corrected chi connectivity index (χ4v) is 5.03. The third-order valence-corrected chi connectivity index (χ3v) is 7.28. The monoisotopic (exact) mass is 436 g/mol. The van der Waals surface area contributed by atoms with Crippen LogP contribution in [-0.4, -0.2) is 67.4 Å². The van der Waals surface area contributed by atoms with E-state index in [1.807, 2.05) is 6.92 Å². The van der Waals surface area contributed by atoms with Crippen molar-refractivity contribution in [1.82, 2.24) is 9.80 Å². The number of hydrogen-bond acceptors (Lipinski definition) is 5. The highest BCUT2D eigenvalue weighted by molar-refractivity contribution is 5.78. The molecular weight excluding hydrogens is 388 g/mol. The average Bonchev–Trinajstić information content (AvgIpc) is 2.77. The molecule has 0 amide bonds. The van der Waals surface area contributed by atoms with Gasteiger partial charge in [0.15, 0.2) is 0 Å². The molecule has 0 aromatic rings. The second-order valence-electron chi connectivity index (χ2n) is 10.3. The van der Waals surface area contributed by atoms with E-state index >= 15 is 0 Å². The molecule has 2 rings (SSSR count). The molecule has 2 aliphatic heterocycles. The Morgan fingerprint density at radius 2 is 1.35 bits per heavy atom. The molecule has 2 aliphatic rings. The molecule has 0 bridgehead atoms. The van der Waals surface area contributed by atoms with Crippen LogP contribution in [0.5, 0.6) is 0 Å². The summed E-state index contributed by atoms with van der Waals surface area (Å²) in [6.07, 6.45) is 12.4. The molecule has 2 fully saturated rings. The average molecular weight is 437 g/mol. The number of ketones is 1. The van der Waals surface area contributed by atoms with E-state index in [1.165, 1.54) is 58.0 Å². The second kappa shape index (κ2) is 15.0. The van der Waals surface area contributed by atoms with Gasteiger partial charge in [-0.05, 0) is 83.0 Å². The van der Waals surface area contributed by atoms with Gasteiger partial charge in [-0.15, -0.1) is 0 Å². The fraction of sp³-hybridized carbons (Fsp3) is 0.923. The fourth-order valence-electron chi connectivity index (χ4n) is 5.03. The number of nitrogens with zero attached hydrogens (tertiary/aromatic N) is 2. The van der Waals surface area contributed by atoms with Gasteiger partial charge in [0.1, 0.15) is 5.78 Å². The number of Topliss-reactive ketones (excluding diaryl/α,β-unsaturated/α-hetero) is 1. The molecule has 5 heteroatoms. The summed E-state index contributed by atoms with van der Waals surface area (Å²) in [5, 5.41) is 0. The molecular formula is C26H48N2O3. The Hall–Kier alpha value is -0.940. The Balaban J connectivity index is 1.47. The number of rotatable bonds is 14. The van der Waals surface area contributed by atoms with E-state index in [1.54, 1.807) is 0 Å². The van der Waals surface area contributed by atoms with Crippen molar-refractivity contribution in [2.45, 2.75) is 91.4 Å². The summed E-state index contributed by atoms with van der Waals surface area (Å²) in [7, 11) is 0. The lowest BCUT2D eigenvalue weighted by atomic mass is 9.87. The Morgan fingerprint density at radius 1 is 0.839 bits per heavy atom. The molecule has 0 saturated carbocycles. The maximum atomic E-state index is 12.0. The van der Waals surface area contributed by atoms with Crippen molar-refractivity contribution in [1.29, 1.82) is 0 Å². The third kappa shape index (κ3) is 11.5. The Morgan fingerprint density at radius 3 is 1.84 bits per heavy atom. The topological polar surface area (TPSA) is 49.9 Å². The highest BCUT2D eigenvalue weighted by atomic mass is 16.5. The zero-order valence-electron chi connectivity index (χ0n) is 20.6. The van der Waals surface area contributed by atoms with Gasteiger partial charge < -0.3 is 14.5 Å². The maximum absolute atomic E-state index is 12.0. The summed E-state index contributed by atoms with van der Waals surface area (Å²) < 4.78 is 5.03. The van der Waals surface area contributed by atoms with Crippen molar-refractivity contribution in [2.75, 3.05) is 45.9 Å². The summed E-state index contributed by atoms with van der Waals surface area (Å²) in [5.74, 6) is 2.77. The van der Waals surface area contributed by atoms with Crippen molar-refractivity contribution >= 4 is 11.8 Å². The SMILES string of the molecule is CCOC(=O)CCN1CCC(CCCC2CCN(CCC(=O)CCC(C)C)CC2)CC1. The largest absolute Gasteiger partial charge is 0.466 e. The Bertz CT molecular complexity index is 507. The maximum Gasteiger partial charge on any atom is 0.307 e. The summed E-state index contributed by atoms with van der Waals surface area (Å²) >= 11 is 0. The second-order valence-corrected chi connectivity index (χ2v) is 10.3. The predicted octanol–water partition coefficient (Wildman–Crippen LogP) is 4.93. The molecule has 0 radical (unpaired) electrons. The Kier molecular flexibility index (Phi) is 12.7. The van der Waals surface area contributed by atoms with Crippen molar-refractivity contribution in [3.63, 3.8) is 0 Å². The van der Waals surface area contributed by atoms with Crippen molar-refractivity contribution in [2.24, 2.45) is 17.8 Å². The molecule has 2 heterocycles. The molecule has 180 valence electrons. The molecule has 31 heavy (non-hydrogen) atoms. The smallest absolute Gasteiger partial charge is 0.307 e. The molecule has 0 atom stereocenters. The first-order valence-electron chi connectivity index (χ1n) is 13.1. The molecule has 2 saturated heterocycles. The summed E-state index contributed by atoms with van der Waals surface area (Å²) in [6.45, 7) is 13.2. The number of hydrogen-bond donors (Lipinski definition) is 0. The standard InChI is InChI=1S/C26H48N2O3/c1-4-31-26(30)15-21-28-18-12-24(13-19-28)7-5-6-23-10-16-27(17-11-23)20-14-25(29)9-8-22(2)3/h22-24H,4-21H2,1-3H3. The molecule has 0 N–H and O–H groups in total. The number of carbonyl (C=O) groups is 2. The van der Waals surface area contributed by atoms with Crippen LogP contribution in [-0.2, 0) is 14.3 Å². The van der Waals surface area contributed by atoms with Gasteiger partial charge in [0.2, 0.25) is 0 Å². The van der Waals surface area contributed by atoms with Gasteiger partial charge in [0.05, 0.1) is 13.0 Å². The number of ether oxygens (including phenoxy) is 1. The lowest BCUT2D eigenvalue weighted by Crippen LogP contribution is -2.36. The van der Waals surface area contributed by atoms with E-state index in [4.69, 9.17) is 4.74 Å². The molecule has 0 unspecified atom stereocenters. The minimum Gasteiger partial charge on any atom is -0.466 e. The minimum atomic E-state index is -0.0617. The van der Waals surface area contributed by atoms with Gasteiger partial charge >= 0.3 is 5.97 Å². The van der Waals surface area contributed by atoms with Crippen LogP contribution in [0.2, 0.25) is 0 Å². The van der Waals surface area contributed by atoms with Crippen molar-refractivity contribution < 1.29 is 14.3 Å². The van der Waals surface area contributed by atoms with Gasteiger partial charge in [-0.2, -0.15) is 0 Å². The zero-order chi connectivity index (χ0) is 22.5. The van der Waals surface area contributed by atoms with E-state index < -0.39 is 0 Å². The Labute approximate surface area is 191 Å². The normalized spacial score (nSPS) is 19.7. The highest BCUT2D eigenvalue weighted by Gasteiger charge is 2.22. The van der Waals surface area contributed by atoms with E-state index in [0.717, 1.165) is 57.3 Å². The van der Waals surface area contributed by atoms with Crippen molar-refractivity contribution in [3.05, 3.63) is 0 Å². The molecule has 0 aromatic carbocycles. The summed E-state index contributed by atoms with van der Waals surface area (Å²) in [6, 6.07) is 0. The lowest BCUT2D eigenvalue weighted by Gasteiger charge is -2.33. The van der Waals surface area contributed by atoms with E-state index in [2.05, 4.69) is 23.6 Å². The molecule has 0 aromatic heterocycles. The minimum absolute atomic E-state index is 0.0617. The predicted molar refractivity (Wildman–Crippen MR) is 127 cm³/mol. The first kappa shape index (κ1) is 26.3. The number of likely N-dealkylation sites (tertiary alicyclic amines) is 2. The van der Waals surface area contributed by atoms with Crippen LogP contribution in [0.15, 0.2) is 0 Å². The number of carbonyl (C=O) groups excluding carboxylic acids is 2. The van der Waals surface area contributed by atoms with Crippen LogP contribution >= 0.6 is 0 Å². The first-order chi connectivity index (χ1) is 15.0. The van der Waals surface area contributed by atoms with Crippen LogP contribution < -0.4 is 0 Å². The summed E-state index contributed by atoms with van der Waals surface area (Å²) in [5.41, 5.74) is 0. The van der Waals surface area contributed by atoms with Crippen molar-refractivity contribution in [3.8, 4) is 0 Å². The van der Waals surface area contributed by atoms with E-state index in [9.17, 15) is 9.59 Å².